The first-order valence-electron chi connectivity index (χ1n) is 7.93. The predicted octanol–water partition coefficient (Wildman–Crippen LogP) is 4.30. The second-order valence-corrected chi connectivity index (χ2v) is 5.66. The van der Waals surface area contributed by atoms with Crippen LogP contribution < -0.4 is 10.1 Å². The Labute approximate surface area is 152 Å². The lowest BCUT2D eigenvalue weighted by atomic mass is 10.1. The summed E-state index contributed by atoms with van der Waals surface area (Å²) in [4.78, 5) is 12.2. The number of halogens is 3. The highest BCUT2D eigenvalue weighted by Gasteiger charge is 2.30. The summed E-state index contributed by atoms with van der Waals surface area (Å²) in [5.41, 5.74) is 0.202. The summed E-state index contributed by atoms with van der Waals surface area (Å²) in [5, 5.41) is 6.24. The largest absolute Gasteiger partial charge is 0.496 e. The fourth-order valence-corrected chi connectivity index (χ4v) is 2.49. The van der Waals surface area contributed by atoms with Gasteiger partial charge in [-0.2, -0.15) is 13.2 Å². The third-order valence-corrected chi connectivity index (χ3v) is 3.82. The lowest BCUT2D eigenvalue weighted by molar-refractivity contribution is -0.137. The molecule has 0 bridgehead atoms. The molecule has 1 heterocycles. The van der Waals surface area contributed by atoms with E-state index in [2.05, 4.69) is 10.5 Å². The quantitative estimate of drug-likeness (QED) is 0.721. The molecule has 0 aliphatic heterocycles. The summed E-state index contributed by atoms with van der Waals surface area (Å²) >= 11 is 0. The highest BCUT2D eigenvalue weighted by Crippen LogP contribution is 2.30. The van der Waals surface area contributed by atoms with E-state index in [4.69, 9.17) is 9.26 Å². The van der Waals surface area contributed by atoms with Gasteiger partial charge in [0.05, 0.1) is 18.2 Å². The second-order valence-electron chi connectivity index (χ2n) is 5.66. The van der Waals surface area contributed by atoms with Gasteiger partial charge in [0.2, 0.25) is 0 Å². The fraction of sp³-hybridized carbons (Fsp3) is 0.158. The third-order valence-electron chi connectivity index (χ3n) is 3.82. The van der Waals surface area contributed by atoms with Crippen LogP contribution in [-0.4, -0.2) is 18.2 Å². The first kappa shape index (κ1) is 18.5. The van der Waals surface area contributed by atoms with Crippen LogP contribution in [0, 0.1) is 0 Å². The van der Waals surface area contributed by atoms with E-state index < -0.39 is 17.6 Å². The van der Waals surface area contributed by atoms with Gasteiger partial charge in [0.15, 0.2) is 11.5 Å². The van der Waals surface area contributed by atoms with E-state index in [0.717, 1.165) is 12.1 Å². The van der Waals surface area contributed by atoms with E-state index in [9.17, 15) is 18.0 Å². The molecule has 27 heavy (non-hydrogen) atoms. The number of rotatable bonds is 5. The molecule has 1 amide bonds. The number of hydrogen-bond acceptors (Lipinski definition) is 4. The Kier molecular flexibility index (Phi) is 5.16. The maximum absolute atomic E-state index is 12.7. The number of amides is 1. The van der Waals surface area contributed by atoms with Gasteiger partial charge in [-0.1, -0.05) is 29.4 Å². The molecule has 0 unspecified atom stereocenters. The van der Waals surface area contributed by atoms with Crippen LogP contribution in [0.5, 0.6) is 5.75 Å². The number of hydrogen-bond donors (Lipinski definition) is 1. The van der Waals surface area contributed by atoms with Gasteiger partial charge in [-0.05, 0) is 29.8 Å². The predicted molar refractivity (Wildman–Crippen MR) is 91.1 cm³/mol. The van der Waals surface area contributed by atoms with E-state index in [0.29, 0.717) is 22.6 Å². The molecule has 8 heteroatoms. The van der Waals surface area contributed by atoms with Crippen molar-refractivity contribution >= 4 is 5.91 Å². The SMILES string of the molecule is COc1ccccc1-c1cc(C(=O)NCc2cccc(C(F)(F)F)c2)no1. The van der Waals surface area contributed by atoms with Crippen LogP contribution in [-0.2, 0) is 12.7 Å². The van der Waals surface area contributed by atoms with Gasteiger partial charge in [-0.3, -0.25) is 4.79 Å². The number of benzene rings is 2. The van der Waals surface area contributed by atoms with Crippen LogP contribution in [0.3, 0.4) is 0 Å². The van der Waals surface area contributed by atoms with Crippen molar-refractivity contribution in [2.24, 2.45) is 0 Å². The smallest absolute Gasteiger partial charge is 0.416 e. The lowest BCUT2D eigenvalue weighted by Gasteiger charge is -2.09. The number of carbonyl (C=O) groups excluding carboxylic acids is 1. The molecular weight excluding hydrogens is 361 g/mol. The van der Waals surface area contributed by atoms with Crippen molar-refractivity contribution in [1.29, 1.82) is 0 Å². The summed E-state index contributed by atoms with van der Waals surface area (Å²) in [6, 6.07) is 13.3. The molecule has 0 radical (unpaired) electrons. The van der Waals surface area contributed by atoms with Crippen molar-refractivity contribution in [1.82, 2.24) is 10.5 Å². The number of alkyl halides is 3. The van der Waals surface area contributed by atoms with Crippen LogP contribution in [0.1, 0.15) is 21.6 Å². The number of aromatic nitrogens is 1. The first-order valence-corrected chi connectivity index (χ1v) is 7.93. The van der Waals surface area contributed by atoms with E-state index in [1.54, 1.807) is 24.3 Å². The maximum atomic E-state index is 12.7. The Hall–Kier alpha value is -3.29. The first-order chi connectivity index (χ1) is 12.9. The summed E-state index contributed by atoms with van der Waals surface area (Å²) < 4.78 is 48.6. The van der Waals surface area contributed by atoms with Gasteiger partial charge >= 0.3 is 6.18 Å². The zero-order valence-corrected chi connectivity index (χ0v) is 14.2. The molecule has 3 rings (SSSR count). The number of nitrogens with zero attached hydrogens (tertiary/aromatic N) is 1. The molecule has 0 saturated carbocycles. The molecule has 1 aromatic heterocycles. The molecule has 0 spiro atoms. The van der Waals surface area contributed by atoms with Gasteiger partial charge in [-0.25, -0.2) is 0 Å². The van der Waals surface area contributed by atoms with E-state index in [-0.39, 0.29) is 12.2 Å². The average Bonchev–Trinajstić information content (AvgIpc) is 3.15. The van der Waals surface area contributed by atoms with Crippen molar-refractivity contribution in [2.75, 3.05) is 7.11 Å². The fourth-order valence-electron chi connectivity index (χ4n) is 2.49. The standard InChI is InChI=1S/C19H15F3N2O3/c1-26-16-8-3-2-7-14(16)17-10-15(24-27-17)18(25)23-11-12-5-4-6-13(9-12)19(20,21)22/h2-10H,11H2,1H3,(H,23,25). The summed E-state index contributed by atoms with van der Waals surface area (Å²) in [7, 11) is 1.51. The topological polar surface area (TPSA) is 64.4 Å². The van der Waals surface area contributed by atoms with Gasteiger partial charge in [-0.15, -0.1) is 0 Å². The summed E-state index contributed by atoms with van der Waals surface area (Å²) in [6.07, 6.45) is -4.43. The molecule has 3 aromatic rings. The van der Waals surface area contributed by atoms with Crippen molar-refractivity contribution < 1.29 is 27.2 Å². The number of nitrogens with one attached hydrogen (secondary N) is 1. The maximum Gasteiger partial charge on any atom is 0.416 e. The number of methoxy groups -OCH3 is 1. The Morgan fingerprint density at radius 1 is 1.15 bits per heavy atom. The molecular formula is C19H15F3N2O3. The van der Waals surface area contributed by atoms with Crippen molar-refractivity contribution in [3.05, 3.63) is 71.4 Å². The molecule has 140 valence electrons. The van der Waals surface area contributed by atoms with E-state index >= 15 is 0 Å². The van der Waals surface area contributed by atoms with Crippen LogP contribution in [0.4, 0.5) is 13.2 Å². The van der Waals surface area contributed by atoms with Gasteiger partial charge in [0.1, 0.15) is 5.75 Å². The monoisotopic (exact) mass is 376 g/mol. The molecule has 5 nitrogen and oxygen atoms in total. The normalized spacial score (nSPS) is 11.3. The molecule has 1 N–H and O–H groups in total. The zero-order chi connectivity index (χ0) is 19.4. The summed E-state index contributed by atoms with van der Waals surface area (Å²) in [6.45, 7) is -0.0698. The highest BCUT2D eigenvalue weighted by molar-refractivity contribution is 5.93. The average molecular weight is 376 g/mol. The summed E-state index contributed by atoms with van der Waals surface area (Å²) in [5.74, 6) is 0.346. The van der Waals surface area contributed by atoms with Crippen LogP contribution in [0.25, 0.3) is 11.3 Å². The molecule has 0 atom stereocenters. The van der Waals surface area contributed by atoms with Crippen LogP contribution in [0.2, 0.25) is 0 Å². The van der Waals surface area contributed by atoms with Crippen molar-refractivity contribution in [3.8, 4) is 17.1 Å². The minimum atomic E-state index is -4.43. The Morgan fingerprint density at radius 3 is 2.67 bits per heavy atom. The van der Waals surface area contributed by atoms with Gasteiger partial charge < -0.3 is 14.6 Å². The Morgan fingerprint density at radius 2 is 1.93 bits per heavy atom. The molecule has 2 aromatic carbocycles. The second kappa shape index (κ2) is 7.53. The molecule has 0 aliphatic rings. The Bertz CT molecular complexity index is 951. The zero-order valence-electron chi connectivity index (χ0n) is 14.2. The number of carbonyl (C=O) groups is 1. The van der Waals surface area contributed by atoms with Crippen molar-refractivity contribution in [2.45, 2.75) is 12.7 Å². The van der Waals surface area contributed by atoms with Crippen LogP contribution in [0.15, 0.2) is 59.1 Å². The Balaban J connectivity index is 1.70. The molecule has 0 saturated heterocycles. The molecule has 0 aliphatic carbocycles. The number of ether oxygens (including phenoxy) is 1. The van der Waals surface area contributed by atoms with Gasteiger partial charge in [0, 0.05) is 12.6 Å². The molecule has 0 fully saturated rings. The highest BCUT2D eigenvalue weighted by atomic mass is 19.4. The van der Waals surface area contributed by atoms with E-state index in [1.807, 2.05) is 0 Å². The van der Waals surface area contributed by atoms with E-state index in [1.165, 1.54) is 25.3 Å². The minimum absolute atomic E-state index is 0.0166. The minimum Gasteiger partial charge on any atom is -0.496 e. The lowest BCUT2D eigenvalue weighted by Crippen LogP contribution is -2.23. The third kappa shape index (κ3) is 4.28. The van der Waals surface area contributed by atoms with Crippen molar-refractivity contribution in [3.63, 3.8) is 0 Å². The number of para-hydroxylation sites is 1. The van der Waals surface area contributed by atoms with Crippen LogP contribution >= 0.6 is 0 Å². The van der Waals surface area contributed by atoms with Gasteiger partial charge in [0.25, 0.3) is 5.91 Å².